The summed E-state index contributed by atoms with van der Waals surface area (Å²) in [4.78, 5) is 8.85. The zero-order chi connectivity index (χ0) is 10.7. The van der Waals surface area contributed by atoms with Gasteiger partial charge in [-0.1, -0.05) is 6.08 Å². The van der Waals surface area contributed by atoms with Gasteiger partial charge in [-0.3, -0.25) is 0 Å². The first-order chi connectivity index (χ1) is 7.29. The summed E-state index contributed by atoms with van der Waals surface area (Å²) in [5, 5.41) is 3.26. The fourth-order valence-corrected chi connectivity index (χ4v) is 1.75. The van der Waals surface area contributed by atoms with Crippen LogP contribution in [0.25, 0.3) is 0 Å². The summed E-state index contributed by atoms with van der Waals surface area (Å²) in [6.45, 7) is 4.56. The molecule has 0 atom stereocenters. The molecule has 2 rings (SSSR count). The molecule has 0 unspecified atom stereocenters. The predicted octanol–water partition coefficient (Wildman–Crippen LogP) is 3.10. The van der Waals surface area contributed by atoms with E-state index < -0.39 is 0 Å². The Morgan fingerprint density at radius 2 is 2.33 bits per heavy atom. The maximum absolute atomic E-state index is 4.48. The Morgan fingerprint density at radius 1 is 1.53 bits per heavy atom. The van der Waals surface area contributed by atoms with Crippen molar-refractivity contribution in [2.24, 2.45) is 0 Å². The van der Waals surface area contributed by atoms with E-state index >= 15 is 0 Å². The van der Waals surface area contributed by atoms with Crippen LogP contribution in [0.4, 0.5) is 5.82 Å². The standard InChI is InChI=1S/C11H14BrN3/c1-2-3-6-13-10-7-9(12)14-11(15-10)8-4-5-8/h2,7-8H,1,3-6H2,(H,13,14,15). The third-order valence-electron chi connectivity index (χ3n) is 2.31. The van der Waals surface area contributed by atoms with Crippen molar-refractivity contribution in [2.75, 3.05) is 11.9 Å². The van der Waals surface area contributed by atoms with Gasteiger partial charge < -0.3 is 5.32 Å². The summed E-state index contributed by atoms with van der Waals surface area (Å²) in [6, 6.07) is 1.91. The number of nitrogens with one attached hydrogen (secondary N) is 1. The molecule has 0 aromatic carbocycles. The minimum Gasteiger partial charge on any atom is -0.370 e. The Morgan fingerprint density at radius 3 is 3.00 bits per heavy atom. The average Bonchev–Trinajstić information content (AvgIpc) is 3.00. The maximum atomic E-state index is 4.48. The van der Waals surface area contributed by atoms with Crippen LogP contribution >= 0.6 is 15.9 Å². The van der Waals surface area contributed by atoms with E-state index in [2.05, 4.69) is 37.8 Å². The minimum atomic E-state index is 0.586. The van der Waals surface area contributed by atoms with Gasteiger partial charge in [0.1, 0.15) is 16.2 Å². The molecule has 1 N–H and O–H groups in total. The molecule has 1 aliphatic carbocycles. The van der Waals surface area contributed by atoms with Crippen LogP contribution in [0.1, 0.15) is 31.0 Å². The molecule has 1 heterocycles. The zero-order valence-electron chi connectivity index (χ0n) is 8.54. The van der Waals surface area contributed by atoms with E-state index in [1.807, 2.05) is 12.1 Å². The van der Waals surface area contributed by atoms with Gasteiger partial charge >= 0.3 is 0 Å². The number of hydrogen-bond donors (Lipinski definition) is 1. The molecule has 80 valence electrons. The van der Waals surface area contributed by atoms with Gasteiger partial charge in [0.15, 0.2) is 0 Å². The predicted molar refractivity (Wildman–Crippen MR) is 65.0 cm³/mol. The van der Waals surface area contributed by atoms with Gasteiger partial charge in [-0.15, -0.1) is 6.58 Å². The van der Waals surface area contributed by atoms with Crippen molar-refractivity contribution in [1.29, 1.82) is 0 Å². The molecule has 0 spiro atoms. The van der Waals surface area contributed by atoms with E-state index in [9.17, 15) is 0 Å². The van der Waals surface area contributed by atoms with E-state index in [1.165, 1.54) is 12.8 Å². The molecule has 1 aromatic heterocycles. The van der Waals surface area contributed by atoms with Crippen molar-refractivity contribution < 1.29 is 0 Å². The second-order valence-electron chi connectivity index (χ2n) is 3.71. The lowest BCUT2D eigenvalue weighted by Gasteiger charge is -2.06. The van der Waals surface area contributed by atoms with Gasteiger partial charge in [0, 0.05) is 18.5 Å². The van der Waals surface area contributed by atoms with Crippen LogP contribution < -0.4 is 5.32 Å². The summed E-state index contributed by atoms with van der Waals surface area (Å²) < 4.78 is 0.862. The monoisotopic (exact) mass is 267 g/mol. The van der Waals surface area contributed by atoms with Crippen molar-refractivity contribution in [1.82, 2.24) is 9.97 Å². The SMILES string of the molecule is C=CCCNc1cc(Br)nc(C2CC2)n1. The number of aromatic nitrogens is 2. The normalized spacial score (nSPS) is 15.0. The number of anilines is 1. The van der Waals surface area contributed by atoms with Crippen LogP contribution in [0.15, 0.2) is 23.3 Å². The van der Waals surface area contributed by atoms with Crippen LogP contribution in [0.3, 0.4) is 0 Å². The lowest BCUT2D eigenvalue weighted by molar-refractivity contribution is 0.908. The van der Waals surface area contributed by atoms with E-state index in [-0.39, 0.29) is 0 Å². The van der Waals surface area contributed by atoms with Crippen molar-refractivity contribution in [3.8, 4) is 0 Å². The Balaban J connectivity index is 2.05. The Labute approximate surface area is 98.1 Å². The quantitative estimate of drug-likeness (QED) is 0.506. The average molecular weight is 268 g/mol. The highest BCUT2D eigenvalue weighted by molar-refractivity contribution is 9.10. The lowest BCUT2D eigenvalue weighted by Crippen LogP contribution is -2.05. The van der Waals surface area contributed by atoms with E-state index in [1.54, 1.807) is 0 Å². The van der Waals surface area contributed by atoms with Crippen molar-refractivity contribution in [3.63, 3.8) is 0 Å². The highest BCUT2D eigenvalue weighted by Crippen LogP contribution is 2.38. The van der Waals surface area contributed by atoms with Crippen LogP contribution in [0, 0.1) is 0 Å². The molecule has 15 heavy (non-hydrogen) atoms. The Kier molecular flexibility index (Phi) is 3.36. The first kappa shape index (κ1) is 10.6. The molecule has 0 radical (unpaired) electrons. The van der Waals surface area contributed by atoms with Crippen molar-refractivity contribution >= 4 is 21.7 Å². The number of nitrogens with zero attached hydrogens (tertiary/aromatic N) is 2. The molecule has 4 heteroatoms. The molecule has 0 aliphatic heterocycles. The van der Waals surface area contributed by atoms with Gasteiger partial charge in [-0.2, -0.15) is 0 Å². The lowest BCUT2D eigenvalue weighted by atomic mass is 10.4. The fraction of sp³-hybridized carbons (Fsp3) is 0.455. The molecule has 1 aliphatic rings. The molecule has 1 fully saturated rings. The van der Waals surface area contributed by atoms with Crippen LogP contribution in [0.2, 0.25) is 0 Å². The highest BCUT2D eigenvalue weighted by Gasteiger charge is 2.27. The third-order valence-corrected chi connectivity index (χ3v) is 2.72. The summed E-state index contributed by atoms with van der Waals surface area (Å²) >= 11 is 3.41. The molecule has 1 aromatic rings. The summed E-state index contributed by atoms with van der Waals surface area (Å²) in [5.41, 5.74) is 0. The third kappa shape index (κ3) is 3.02. The number of rotatable bonds is 5. The molecule has 0 saturated heterocycles. The highest BCUT2D eigenvalue weighted by atomic mass is 79.9. The van der Waals surface area contributed by atoms with Crippen LogP contribution in [0.5, 0.6) is 0 Å². The summed E-state index contributed by atoms with van der Waals surface area (Å²) in [6.07, 6.45) is 5.29. The molecular weight excluding hydrogens is 254 g/mol. The van der Waals surface area contributed by atoms with Gasteiger partial charge in [-0.05, 0) is 35.2 Å². The van der Waals surface area contributed by atoms with Gasteiger partial charge in [0.2, 0.25) is 0 Å². The van der Waals surface area contributed by atoms with Gasteiger partial charge in [-0.25, -0.2) is 9.97 Å². The topological polar surface area (TPSA) is 37.8 Å². The fourth-order valence-electron chi connectivity index (χ4n) is 1.35. The zero-order valence-corrected chi connectivity index (χ0v) is 10.1. The van der Waals surface area contributed by atoms with Crippen molar-refractivity contribution in [3.05, 3.63) is 29.1 Å². The van der Waals surface area contributed by atoms with E-state index in [0.717, 1.165) is 29.2 Å². The molecular formula is C11H14BrN3. The first-order valence-corrected chi connectivity index (χ1v) is 5.98. The largest absolute Gasteiger partial charge is 0.370 e. The Hall–Kier alpha value is -0.900. The van der Waals surface area contributed by atoms with Crippen LogP contribution in [-0.4, -0.2) is 16.5 Å². The molecule has 0 bridgehead atoms. The summed E-state index contributed by atoms with van der Waals surface area (Å²) in [5.74, 6) is 2.45. The van der Waals surface area contributed by atoms with Crippen molar-refractivity contribution in [2.45, 2.75) is 25.2 Å². The summed E-state index contributed by atoms with van der Waals surface area (Å²) in [7, 11) is 0. The molecule has 1 saturated carbocycles. The second kappa shape index (κ2) is 4.75. The number of halogens is 1. The Bertz CT molecular complexity index is 361. The first-order valence-electron chi connectivity index (χ1n) is 5.19. The molecule has 0 amide bonds. The van der Waals surface area contributed by atoms with E-state index in [4.69, 9.17) is 0 Å². The van der Waals surface area contributed by atoms with Crippen LogP contribution in [-0.2, 0) is 0 Å². The second-order valence-corrected chi connectivity index (χ2v) is 4.52. The van der Waals surface area contributed by atoms with Gasteiger partial charge in [0.25, 0.3) is 0 Å². The maximum Gasteiger partial charge on any atom is 0.135 e. The van der Waals surface area contributed by atoms with E-state index in [0.29, 0.717) is 5.92 Å². The number of hydrogen-bond acceptors (Lipinski definition) is 3. The van der Waals surface area contributed by atoms with Gasteiger partial charge in [0.05, 0.1) is 0 Å². The smallest absolute Gasteiger partial charge is 0.135 e. The molecule has 3 nitrogen and oxygen atoms in total. The minimum absolute atomic E-state index is 0.586.